The van der Waals surface area contributed by atoms with Crippen molar-refractivity contribution in [1.82, 2.24) is 0 Å². The van der Waals surface area contributed by atoms with E-state index in [1.54, 1.807) is 0 Å². The van der Waals surface area contributed by atoms with Gasteiger partial charge in [0.2, 0.25) is 0 Å². The molecule has 0 heterocycles. The predicted molar refractivity (Wildman–Crippen MR) is 69.5 cm³/mol. The van der Waals surface area contributed by atoms with Gasteiger partial charge >= 0.3 is 0 Å². The minimum Gasteiger partial charge on any atom is -0.370 e. The summed E-state index contributed by atoms with van der Waals surface area (Å²) >= 11 is 9.07. The molecule has 6 heteroatoms. The second kappa shape index (κ2) is 6.06. The van der Waals surface area contributed by atoms with Gasteiger partial charge in [0.05, 0.1) is 10.7 Å². The number of nitrogens with two attached hydrogens (primary N) is 1. The van der Waals surface area contributed by atoms with Crippen molar-refractivity contribution >= 4 is 39.2 Å². The molecule has 0 saturated heterocycles. The predicted octanol–water partition coefficient (Wildman–Crippen LogP) is 3.38. The van der Waals surface area contributed by atoms with E-state index in [9.17, 15) is 4.39 Å². The molecule has 0 amide bonds. The van der Waals surface area contributed by atoms with Gasteiger partial charge in [-0.15, -0.1) is 0 Å². The van der Waals surface area contributed by atoms with E-state index < -0.39 is 5.82 Å². The monoisotopic (exact) mass is 307 g/mol. The fourth-order valence-corrected chi connectivity index (χ4v) is 1.96. The van der Waals surface area contributed by atoms with E-state index in [1.165, 1.54) is 12.1 Å². The lowest BCUT2D eigenvalue weighted by Gasteiger charge is -2.09. The van der Waals surface area contributed by atoms with E-state index in [1.807, 2.05) is 6.92 Å². The summed E-state index contributed by atoms with van der Waals surface area (Å²) in [6.45, 7) is 2.63. The zero-order valence-electron chi connectivity index (χ0n) is 8.73. The summed E-state index contributed by atoms with van der Waals surface area (Å²) in [4.78, 5) is 4.05. The van der Waals surface area contributed by atoms with Crippen LogP contribution in [0.3, 0.4) is 0 Å². The molecule has 1 aromatic carbocycles. The summed E-state index contributed by atoms with van der Waals surface area (Å²) in [5.74, 6) is -0.150. The Bertz CT molecular complexity index is 386. The Morgan fingerprint density at radius 3 is 2.88 bits per heavy atom. The number of halogens is 3. The van der Waals surface area contributed by atoms with Crippen LogP contribution < -0.4 is 11.1 Å². The minimum atomic E-state index is -0.411. The molecule has 0 aromatic heterocycles. The number of nitrogens with zero attached hydrogens (tertiary/aromatic N) is 1. The van der Waals surface area contributed by atoms with Crippen LogP contribution in [0.4, 0.5) is 10.1 Å². The van der Waals surface area contributed by atoms with Crippen LogP contribution in [-0.4, -0.2) is 12.5 Å². The quantitative estimate of drug-likeness (QED) is 0.664. The van der Waals surface area contributed by atoms with E-state index in [-0.39, 0.29) is 11.0 Å². The summed E-state index contributed by atoms with van der Waals surface area (Å²) in [5.41, 5.74) is 6.15. The summed E-state index contributed by atoms with van der Waals surface area (Å²) < 4.78 is 13.5. The molecule has 0 aliphatic carbocycles. The lowest BCUT2D eigenvalue weighted by molar-refractivity contribution is 0.627. The SMILES string of the molecule is CCCN=C(N)Nc1c(Cl)cc(F)cc1Br. The molecule has 0 aliphatic rings. The van der Waals surface area contributed by atoms with E-state index in [0.29, 0.717) is 16.7 Å². The van der Waals surface area contributed by atoms with Crippen molar-refractivity contribution in [1.29, 1.82) is 0 Å². The van der Waals surface area contributed by atoms with Crippen LogP contribution >= 0.6 is 27.5 Å². The molecule has 16 heavy (non-hydrogen) atoms. The standard InChI is InChI=1S/C10H12BrClFN3/c1-2-3-15-10(14)16-9-7(11)4-6(13)5-8(9)12/h4-5H,2-3H2,1H3,(H3,14,15,16). The fraction of sp³-hybridized carbons (Fsp3) is 0.300. The second-order valence-electron chi connectivity index (χ2n) is 3.14. The van der Waals surface area contributed by atoms with Crippen molar-refractivity contribution < 1.29 is 4.39 Å². The lowest BCUT2D eigenvalue weighted by atomic mass is 10.3. The molecule has 3 N–H and O–H groups in total. The Hall–Kier alpha value is -0.810. The molecule has 0 atom stereocenters. The maximum atomic E-state index is 12.9. The van der Waals surface area contributed by atoms with Gasteiger partial charge in [0.15, 0.2) is 5.96 Å². The summed E-state index contributed by atoms with van der Waals surface area (Å²) in [6, 6.07) is 2.52. The van der Waals surface area contributed by atoms with Crippen molar-refractivity contribution in [3.05, 3.63) is 27.4 Å². The first-order valence-corrected chi connectivity index (χ1v) is 5.93. The molecule has 88 valence electrons. The Kier molecular flexibility index (Phi) is 5.02. The third-order valence-corrected chi connectivity index (χ3v) is 2.69. The van der Waals surface area contributed by atoms with Gasteiger partial charge in [0, 0.05) is 11.0 Å². The van der Waals surface area contributed by atoms with Crippen LogP contribution in [0.25, 0.3) is 0 Å². The van der Waals surface area contributed by atoms with Gasteiger partial charge in [0.1, 0.15) is 5.82 Å². The molecule has 0 aliphatic heterocycles. The van der Waals surface area contributed by atoms with Crippen molar-refractivity contribution in [2.24, 2.45) is 10.7 Å². The number of benzene rings is 1. The molecule has 0 saturated carbocycles. The first-order chi connectivity index (χ1) is 7.54. The molecular formula is C10H12BrClFN3. The Labute approximate surface area is 107 Å². The van der Waals surface area contributed by atoms with E-state index in [4.69, 9.17) is 17.3 Å². The number of anilines is 1. The lowest BCUT2D eigenvalue weighted by Crippen LogP contribution is -2.23. The molecule has 0 spiro atoms. The first kappa shape index (κ1) is 13.3. The zero-order valence-corrected chi connectivity index (χ0v) is 11.1. The van der Waals surface area contributed by atoms with Crippen molar-refractivity contribution in [3.8, 4) is 0 Å². The van der Waals surface area contributed by atoms with Gasteiger partial charge in [0.25, 0.3) is 0 Å². The molecule has 1 rings (SSSR count). The number of hydrogen-bond donors (Lipinski definition) is 2. The van der Waals surface area contributed by atoms with Crippen LogP contribution in [0, 0.1) is 5.82 Å². The molecule has 0 fully saturated rings. The average molecular weight is 309 g/mol. The fourth-order valence-electron chi connectivity index (χ4n) is 1.06. The molecule has 0 bridgehead atoms. The van der Waals surface area contributed by atoms with E-state index >= 15 is 0 Å². The normalized spacial score (nSPS) is 11.6. The molecular weight excluding hydrogens is 296 g/mol. The van der Waals surface area contributed by atoms with Gasteiger partial charge in [-0.1, -0.05) is 18.5 Å². The average Bonchev–Trinajstić information content (AvgIpc) is 2.20. The maximum Gasteiger partial charge on any atom is 0.193 e. The number of hydrogen-bond acceptors (Lipinski definition) is 1. The number of nitrogens with one attached hydrogen (secondary N) is 1. The summed E-state index contributed by atoms with van der Waals surface area (Å²) in [5, 5.41) is 3.07. The van der Waals surface area contributed by atoms with Gasteiger partial charge in [-0.3, -0.25) is 4.99 Å². The highest BCUT2D eigenvalue weighted by Gasteiger charge is 2.08. The second-order valence-corrected chi connectivity index (χ2v) is 4.40. The Morgan fingerprint density at radius 1 is 1.62 bits per heavy atom. The molecule has 0 radical (unpaired) electrons. The zero-order chi connectivity index (χ0) is 12.1. The smallest absolute Gasteiger partial charge is 0.193 e. The highest BCUT2D eigenvalue weighted by atomic mass is 79.9. The third-order valence-electron chi connectivity index (χ3n) is 1.77. The van der Waals surface area contributed by atoms with Gasteiger partial charge < -0.3 is 11.1 Å². The van der Waals surface area contributed by atoms with Crippen LogP contribution in [0.5, 0.6) is 0 Å². The highest BCUT2D eigenvalue weighted by Crippen LogP contribution is 2.31. The van der Waals surface area contributed by atoms with Crippen LogP contribution in [0.2, 0.25) is 5.02 Å². The summed E-state index contributed by atoms with van der Waals surface area (Å²) in [7, 11) is 0. The van der Waals surface area contributed by atoms with Crippen LogP contribution in [0.15, 0.2) is 21.6 Å². The van der Waals surface area contributed by atoms with Crippen molar-refractivity contribution in [2.75, 3.05) is 11.9 Å². The first-order valence-electron chi connectivity index (χ1n) is 4.76. The van der Waals surface area contributed by atoms with Gasteiger partial charge in [-0.05, 0) is 34.5 Å². The molecule has 1 aromatic rings. The highest BCUT2D eigenvalue weighted by molar-refractivity contribution is 9.10. The van der Waals surface area contributed by atoms with E-state index in [2.05, 4.69) is 26.2 Å². The Morgan fingerprint density at radius 2 is 2.31 bits per heavy atom. The number of rotatable bonds is 3. The van der Waals surface area contributed by atoms with E-state index in [0.717, 1.165) is 6.42 Å². The third kappa shape index (κ3) is 3.64. The van der Waals surface area contributed by atoms with Crippen LogP contribution in [0.1, 0.15) is 13.3 Å². The van der Waals surface area contributed by atoms with Crippen LogP contribution in [-0.2, 0) is 0 Å². The number of aliphatic imine (C=N–C) groups is 1. The number of guanidine groups is 1. The summed E-state index contributed by atoms with van der Waals surface area (Å²) in [6.07, 6.45) is 0.903. The largest absolute Gasteiger partial charge is 0.370 e. The molecule has 0 unspecified atom stereocenters. The maximum absolute atomic E-state index is 12.9. The van der Waals surface area contributed by atoms with Crippen molar-refractivity contribution in [2.45, 2.75) is 13.3 Å². The minimum absolute atomic E-state index is 0.251. The van der Waals surface area contributed by atoms with Crippen molar-refractivity contribution in [3.63, 3.8) is 0 Å². The topological polar surface area (TPSA) is 50.4 Å². The molecule has 3 nitrogen and oxygen atoms in total. The van der Waals surface area contributed by atoms with Gasteiger partial charge in [-0.2, -0.15) is 0 Å². The Balaban J connectivity index is 2.89. The van der Waals surface area contributed by atoms with Gasteiger partial charge in [-0.25, -0.2) is 4.39 Å².